The van der Waals surface area contributed by atoms with Crippen molar-refractivity contribution in [1.82, 2.24) is 24.5 Å². The van der Waals surface area contributed by atoms with E-state index in [2.05, 4.69) is 52.0 Å². The van der Waals surface area contributed by atoms with Crippen LogP contribution in [0.1, 0.15) is 42.9 Å². The predicted molar refractivity (Wildman–Crippen MR) is 127 cm³/mol. The maximum Gasteiger partial charge on any atom is 0.151 e. The molecule has 0 aromatic carbocycles. The smallest absolute Gasteiger partial charge is 0.151 e. The van der Waals surface area contributed by atoms with Crippen molar-refractivity contribution >= 4 is 36.5 Å². The zero-order valence-electron chi connectivity index (χ0n) is 17.6. The van der Waals surface area contributed by atoms with Gasteiger partial charge in [-0.25, -0.2) is 4.98 Å². The van der Waals surface area contributed by atoms with Crippen molar-refractivity contribution in [3.63, 3.8) is 0 Å². The highest BCUT2D eigenvalue weighted by atomic mass is 32.2. The Hall–Kier alpha value is -2.06. The molecule has 0 aliphatic carbocycles. The van der Waals surface area contributed by atoms with Crippen molar-refractivity contribution in [2.45, 2.75) is 44.2 Å². The number of piperidine rings is 1. The Labute approximate surface area is 183 Å². The molecule has 0 saturated carbocycles. The Balaban J connectivity index is 1.33. The van der Waals surface area contributed by atoms with Gasteiger partial charge < -0.3 is 10.2 Å². The molecule has 0 atom stereocenters. The van der Waals surface area contributed by atoms with Gasteiger partial charge in [0.25, 0.3) is 0 Å². The summed E-state index contributed by atoms with van der Waals surface area (Å²) in [6.45, 7) is 3.12. The van der Waals surface area contributed by atoms with Gasteiger partial charge in [0.2, 0.25) is 0 Å². The van der Waals surface area contributed by atoms with Crippen LogP contribution in [0.15, 0.2) is 36.8 Å². The third kappa shape index (κ3) is 4.21. The molecule has 0 bridgehead atoms. The number of anilines is 1. The van der Waals surface area contributed by atoms with Gasteiger partial charge in [0.05, 0.1) is 0 Å². The molecule has 0 amide bonds. The van der Waals surface area contributed by atoms with Gasteiger partial charge in [-0.2, -0.15) is 21.4 Å². The molecule has 2 saturated heterocycles. The van der Waals surface area contributed by atoms with E-state index in [0.717, 1.165) is 35.1 Å². The van der Waals surface area contributed by atoms with Crippen LogP contribution in [0.2, 0.25) is 0 Å². The van der Waals surface area contributed by atoms with Gasteiger partial charge in [-0.1, -0.05) is 6.07 Å². The summed E-state index contributed by atoms with van der Waals surface area (Å²) < 4.78 is 1.93. The second-order valence-electron chi connectivity index (χ2n) is 8.50. The number of hydrogen-bond acceptors (Lipinski definition) is 6. The van der Waals surface area contributed by atoms with Gasteiger partial charge in [-0.05, 0) is 67.4 Å². The van der Waals surface area contributed by atoms with Crippen LogP contribution < -0.4 is 10.8 Å². The maximum absolute atomic E-state index is 5.04. The molecule has 5 rings (SSSR count). The Morgan fingerprint density at radius 3 is 2.73 bits per heavy atom. The highest BCUT2D eigenvalue weighted by molar-refractivity contribution is 7.99. The normalized spacial score (nSPS) is 19.3. The van der Waals surface area contributed by atoms with Crippen LogP contribution in [-0.4, -0.2) is 63.0 Å². The Morgan fingerprint density at radius 1 is 1.13 bits per heavy atom. The zero-order valence-corrected chi connectivity index (χ0v) is 18.4. The lowest BCUT2D eigenvalue weighted by atomic mass is 9.91. The lowest BCUT2D eigenvalue weighted by Crippen LogP contribution is -2.42. The van der Waals surface area contributed by atoms with E-state index in [4.69, 9.17) is 4.98 Å². The summed E-state index contributed by atoms with van der Waals surface area (Å²) in [5.41, 5.74) is 4.46. The van der Waals surface area contributed by atoms with Crippen molar-refractivity contribution in [3.8, 4) is 0 Å². The van der Waals surface area contributed by atoms with Crippen molar-refractivity contribution in [1.29, 1.82) is 0 Å². The van der Waals surface area contributed by atoms with E-state index in [1.54, 1.807) is 0 Å². The van der Waals surface area contributed by atoms with Crippen molar-refractivity contribution in [2.24, 2.45) is 0 Å². The summed E-state index contributed by atoms with van der Waals surface area (Å²) in [5, 5.41) is 8.12. The van der Waals surface area contributed by atoms with Gasteiger partial charge in [0.15, 0.2) is 5.65 Å². The van der Waals surface area contributed by atoms with E-state index >= 15 is 0 Å². The Kier molecular flexibility index (Phi) is 5.95. The molecule has 5 heterocycles. The molecule has 2 aliphatic rings. The number of nitrogens with one attached hydrogen (secondary N) is 1. The second kappa shape index (κ2) is 8.98. The van der Waals surface area contributed by atoms with E-state index in [-0.39, 0.29) is 0 Å². The summed E-state index contributed by atoms with van der Waals surface area (Å²) in [7, 11) is 2.09. The molecule has 1 N–H and O–H groups in total. The first-order valence-electron chi connectivity index (χ1n) is 11.1. The number of likely N-dealkylation sites (tertiary alicyclic amines) is 1. The van der Waals surface area contributed by atoms with Crippen LogP contribution in [-0.2, 0) is 6.54 Å². The first-order chi connectivity index (χ1) is 14.8. The van der Waals surface area contributed by atoms with E-state index < -0.39 is 0 Å². The molecule has 3 aromatic rings. The lowest BCUT2D eigenvalue weighted by Gasteiger charge is -2.39. The van der Waals surface area contributed by atoms with Crippen LogP contribution >= 0.6 is 11.8 Å². The van der Waals surface area contributed by atoms with E-state index in [9.17, 15) is 0 Å². The van der Waals surface area contributed by atoms with Crippen molar-refractivity contribution in [2.75, 3.05) is 29.9 Å². The molecule has 3 aromatic heterocycles. The van der Waals surface area contributed by atoms with Crippen molar-refractivity contribution in [3.05, 3.63) is 48.0 Å². The highest BCUT2D eigenvalue weighted by Crippen LogP contribution is 2.32. The monoisotopic (exact) mass is 420 g/mol. The minimum absolute atomic E-state index is 0.525. The number of aromatic nitrogens is 4. The largest absolute Gasteiger partial charge is 0.366 e. The lowest BCUT2D eigenvalue weighted by molar-refractivity contribution is 0.143. The van der Waals surface area contributed by atoms with Crippen LogP contribution in [0.5, 0.6) is 0 Å². The third-order valence-electron chi connectivity index (χ3n) is 6.52. The number of pyridine rings is 1. The van der Waals surface area contributed by atoms with E-state index in [1.165, 1.54) is 56.0 Å². The minimum Gasteiger partial charge on any atom is -0.366 e. The molecule has 0 radical (unpaired) electrons. The zero-order chi connectivity index (χ0) is 20.3. The SMILES string of the molecule is Bc1cnn2c(NCc3cccnc3)cc(C3CCN(C4CCSCC4)CC3)nc12. The molecule has 6 nitrogen and oxygen atoms in total. The molecule has 156 valence electrons. The van der Waals surface area contributed by atoms with Crippen LogP contribution in [0.25, 0.3) is 5.65 Å². The number of nitrogens with zero attached hydrogens (tertiary/aromatic N) is 5. The molecule has 30 heavy (non-hydrogen) atoms. The molecule has 0 unspecified atom stereocenters. The quantitative estimate of drug-likeness (QED) is 0.638. The molecular formula is C22H29BN6S. The summed E-state index contributed by atoms with van der Waals surface area (Å²) in [5.74, 6) is 4.20. The Bertz CT molecular complexity index is 980. The number of thioether (sulfide) groups is 1. The number of fused-ring (bicyclic) bond motifs is 1. The maximum atomic E-state index is 5.04. The molecule has 2 aliphatic heterocycles. The van der Waals surface area contributed by atoms with Crippen LogP contribution in [0.3, 0.4) is 0 Å². The highest BCUT2D eigenvalue weighted by Gasteiger charge is 2.28. The average Bonchev–Trinajstić information content (AvgIpc) is 3.20. The van der Waals surface area contributed by atoms with Gasteiger partial charge in [-0.15, -0.1) is 0 Å². The topological polar surface area (TPSA) is 58.4 Å². The first kappa shape index (κ1) is 19.9. The summed E-state index contributed by atoms with van der Waals surface area (Å²) >= 11 is 2.11. The number of rotatable bonds is 5. The van der Waals surface area contributed by atoms with Crippen molar-refractivity contribution < 1.29 is 0 Å². The van der Waals surface area contributed by atoms with Gasteiger partial charge in [0.1, 0.15) is 13.7 Å². The first-order valence-corrected chi connectivity index (χ1v) is 12.2. The van der Waals surface area contributed by atoms with Gasteiger partial charge in [-0.3, -0.25) is 4.98 Å². The van der Waals surface area contributed by atoms with Gasteiger partial charge in [0, 0.05) is 48.9 Å². The average molecular weight is 420 g/mol. The van der Waals surface area contributed by atoms with E-state index in [1.807, 2.05) is 29.2 Å². The fraction of sp³-hybridized carbons (Fsp3) is 0.500. The minimum atomic E-state index is 0.525. The molecule has 2 fully saturated rings. The molecular weight excluding hydrogens is 391 g/mol. The van der Waals surface area contributed by atoms with E-state index in [0.29, 0.717) is 5.92 Å². The fourth-order valence-corrected chi connectivity index (χ4v) is 5.81. The molecule has 0 spiro atoms. The molecule has 8 heteroatoms. The van der Waals surface area contributed by atoms with Crippen LogP contribution in [0, 0.1) is 0 Å². The summed E-state index contributed by atoms with van der Waals surface area (Å²) in [6.07, 6.45) is 10.7. The fourth-order valence-electron chi connectivity index (χ4n) is 4.73. The third-order valence-corrected chi connectivity index (χ3v) is 7.57. The summed E-state index contributed by atoms with van der Waals surface area (Å²) in [6, 6.07) is 7.08. The number of hydrogen-bond donors (Lipinski definition) is 1. The second-order valence-corrected chi connectivity index (χ2v) is 9.72. The Morgan fingerprint density at radius 2 is 1.97 bits per heavy atom. The van der Waals surface area contributed by atoms with Gasteiger partial charge >= 0.3 is 0 Å². The summed E-state index contributed by atoms with van der Waals surface area (Å²) in [4.78, 5) is 12.0. The predicted octanol–water partition coefficient (Wildman–Crippen LogP) is 2.07. The standard InChI is InChI=1S/C22H29BN6S/c23-19-15-26-29-21(25-14-16-2-1-7-24-13-16)12-20(27-22(19)29)17-3-8-28(9-4-17)18-5-10-30-11-6-18/h1-2,7,12-13,15,17-18,25H,3-6,8-11,14,23H2. The van der Waals surface area contributed by atoms with Crippen LogP contribution in [0.4, 0.5) is 5.82 Å².